The molecule has 0 spiro atoms. The van der Waals surface area contributed by atoms with Gasteiger partial charge in [-0.1, -0.05) is 17.7 Å². The van der Waals surface area contributed by atoms with Gasteiger partial charge in [-0.25, -0.2) is 4.39 Å². The molecule has 1 aliphatic rings. The largest absolute Gasteiger partial charge is 0.376 e. The highest BCUT2D eigenvalue weighted by atomic mass is 35.5. The van der Waals surface area contributed by atoms with E-state index in [9.17, 15) is 14.0 Å². The number of carbonyl (C=O) groups is 1. The van der Waals surface area contributed by atoms with Crippen LogP contribution in [0.1, 0.15) is 28.9 Å². The van der Waals surface area contributed by atoms with E-state index in [0.717, 1.165) is 0 Å². The fourth-order valence-corrected chi connectivity index (χ4v) is 3.54. The van der Waals surface area contributed by atoms with Crippen LogP contribution in [0.2, 0.25) is 5.02 Å². The van der Waals surface area contributed by atoms with Crippen LogP contribution in [0.15, 0.2) is 41.3 Å². The Kier molecular flexibility index (Phi) is 6.26. The molecule has 8 heteroatoms. The van der Waals surface area contributed by atoms with Crippen LogP contribution >= 0.6 is 11.6 Å². The number of hydrogen-bond acceptors (Lipinski definition) is 4. The van der Waals surface area contributed by atoms with Gasteiger partial charge < -0.3 is 15.0 Å². The Morgan fingerprint density at radius 2 is 2.30 bits per heavy atom. The second-order valence-electron chi connectivity index (χ2n) is 6.48. The average Bonchev–Trinajstić information content (AvgIpc) is 2.64. The molecule has 2 unspecified atom stereocenters. The quantitative estimate of drug-likeness (QED) is 0.817. The van der Waals surface area contributed by atoms with Crippen LogP contribution < -0.4 is 10.9 Å². The van der Waals surface area contributed by atoms with Crippen molar-refractivity contribution in [3.05, 3.63) is 68.8 Å². The summed E-state index contributed by atoms with van der Waals surface area (Å²) >= 11 is 6.28. The van der Waals surface area contributed by atoms with Crippen molar-refractivity contribution in [3.63, 3.8) is 0 Å². The minimum Gasteiger partial charge on any atom is -0.376 e. The average molecular weight is 394 g/mol. The zero-order chi connectivity index (χ0) is 19.4. The van der Waals surface area contributed by atoms with Crippen molar-refractivity contribution in [3.8, 4) is 0 Å². The number of ether oxygens (including phenoxy) is 1. The molecule has 1 saturated heterocycles. The van der Waals surface area contributed by atoms with Gasteiger partial charge in [-0.15, -0.1) is 0 Å². The van der Waals surface area contributed by atoms with Crippen molar-refractivity contribution in [1.29, 1.82) is 0 Å². The molecule has 1 aliphatic heterocycles. The normalized spacial score (nSPS) is 18.9. The van der Waals surface area contributed by atoms with Gasteiger partial charge in [-0.3, -0.25) is 14.5 Å². The molecule has 2 aromatic rings. The van der Waals surface area contributed by atoms with Crippen molar-refractivity contribution in [2.75, 3.05) is 26.2 Å². The summed E-state index contributed by atoms with van der Waals surface area (Å²) in [5.74, 6) is -0.822. The fourth-order valence-electron chi connectivity index (χ4n) is 3.25. The van der Waals surface area contributed by atoms with Crippen molar-refractivity contribution in [2.24, 2.45) is 0 Å². The summed E-state index contributed by atoms with van der Waals surface area (Å²) in [7, 11) is 0. The van der Waals surface area contributed by atoms with Crippen molar-refractivity contribution in [2.45, 2.75) is 19.1 Å². The van der Waals surface area contributed by atoms with Gasteiger partial charge in [-0.2, -0.15) is 0 Å². The number of carbonyl (C=O) groups excluding carboxylic acids is 1. The van der Waals surface area contributed by atoms with Crippen LogP contribution in [-0.4, -0.2) is 48.1 Å². The van der Waals surface area contributed by atoms with Crippen LogP contribution in [0.3, 0.4) is 0 Å². The second-order valence-corrected chi connectivity index (χ2v) is 6.89. The molecule has 6 nitrogen and oxygen atoms in total. The van der Waals surface area contributed by atoms with Crippen LogP contribution in [-0.2, 0) is 4.74 Å². The fraction of sp³-hybridized carbons (Fsp3) is 0.368. The molecule has 27 heavy (non-hydrogen) atoms. The molecular formula is C19H21ClFN3O3. The molecule has 2 atom stereocenters. The summed E-state index contributed by atoms with van der Waals surface area (Å²) in [5, 5.41) is 3.10. The lowest BCUT2D eigenvalue weighted by Gasteiger charge is -2.38. The van der Waals surface area contributed by atoms with E-state index in [1.165, 1.54) is 24.4 Å². The van der Waals surface area contributed by atoms with Gasteiger partial charge in [0.05, 0.1) is 18.8 Å². The van der Waals surface area contributed by atoms with E-state index < -0.39 is 17.8 Å². The SMILES string of the molecule is CC1CN(C(CNC(=O)c2cc[nH]c(=O)c2)c2c(F)cccc2Cl)CCO1. The lowest BCUT2D eigenvalue weighted by Crippen LogP contribution is -2.47. The number of pyridine rings is 1. The van der Waals surface area contributed by atoms with Gasteiger partial charge in [0.1, 0.15) is 5.82 Å². The minimum absolute atomic E-state index is 0.00446. The minimum atomic E-state index is -0.448. The summed E-state index contributed by atoms with van der Waals surface area (Å²) in [6.45, 7) is 3.81. The Labute approximate surface area is 161 Å². The number of amides is 1. The first-order valence-electron chi connectivity index (χ1n) is 8.72. The smallest absolute Gasteiger partial charge is 0.251 e. The molecule has 0 bridgehead atoms. The van der Waals surface area contributed by atoms with Crippen LogP contribution in [0.5, 0.6) is 0 Å². The monoisotopic (exact) mass is 393 g/mol. The highest BCUT2D eigenvalue weighted by molar-refractivity contribution is 6.31. The Morgan fingerprint density at radius 3 is 3.00 bits per heavy atom. The number of hydrogen-bond donors (Lipinski definition) is 2. The van der Waals surface area contributed by atoms with Crippen LogP contribution in [0, 0.1) is 5.82 Å². The van der Waals surface area contributed by atoms with Gasteiger partial charge in [0.2, 0.25) is 5.56 Å². The molecule has 1 aromatic carbocycles. The standard InChI is InChI=1S/C19H21ClFN3O3/c1-12-11-24(7-8-27-12)16(18-14(20)3-2-4-15(18)21)10-23-19(26)13-5-6-22-17(25)9-13/h2-6,9,12,16H,7-8,10-11H2,1H3,(H,22,25)(H,23,26). The lowest BCUT2D eigenvalue weighted by atomic mass is 10.0. The van der Waals surface area contributed by atoms with Gasteiger partial charge in [0, 0.05) is 48.0 Å². The second kappa shape index (κ2) is 8.65. The highest BCUT2D eigenvalue weighted by Gasteiger charge is 2.29. The number of rotatable bonds is 5. The molecule has 1 fully saturated rings. The summed E-state index contributed by atoms with van der Waals surface area (Å²) in [4.78, 5) is 28.3. The van der Waals surface area contributed by atoms with Gasteiger partial charge in [0.15, 0.2) is 0 Å². The molecule has 144 valence electrons. The third-order valence-corrected chi connectivity index (χ3v) is 4.87. The molecule has 0 radical (unpaired) electrons. The Bertz CT molecular complexity index is 853. The number of halogens is 2. The number of aromatic amines is 1. The van der Waals surface area contributed by atoms with Crippen molar-refractivity contribution < 1.29 is 13.9 Å². The van der Waals surface area contributed by atoms with Gasteiger partial charge in [-0.05, 0) is 25.1 Å². The first-order chi connectivity index (χ1) is 13.0. The van der Waals surface area contributed by atoms with E-state index in [1.807, 2.05) is 6.92 Å². The first kappa shape index (κ1) is 19.5. The maximum atomic E-state index is 14.6. The summed E-state index contributed by atoms with van der Waals surface area (Å²) in [6, 6.07) is 6.83. The number of H-pyrrole nitrogens is 1. The molecule has 3 rings (SSSR count). The van der Waals surface area contributed by atoms with Crippen LogP contribution in [0.25, 0.3) is 0 Å². The van der Waals surface area contributed by atoms with E-state index in [1.54, 1.807) is 12.1 Å². The highest BCUT2D eigenvalue weighted by Crippen LogP contribution is 2.31. The maximum absolute atomic E-state index is 14.6. The molecule has 2 heterocycles. The van der Waals surface area contributed by atoms with E-state index in [0.29, 0.717) is 30.3 Å². The van der Waals surface area contributed by atoms with E-state index in [-0.39, 0.29) is 23.8 Å². The predicted molar refractivity (Wildman–Crippen MR) is 101 cm³/mol. The molecule has 1 amide bonds. The third kappa shape index (κ3) is 4.74. The van der Waals surface area contributed by atoms with Crippen molar-refractivity contribution >= 4 is 17.5 Å². The summed E-state index contributed by atoms with van der Waals surface area (Å²) in [6.07, 6.45) is 1.40. The molecule has 0 saturated carbocycles. The molecule has 0 aliphatic carbocycles. The number of aromatic nitrogens is 1. The maximum Gasteiger partial charge on any atom is 0.251 e. The third-order valence-electron chi connectivity index (χ3n) is 4.54. The molecule has 2 N–H and O–H groups in total. The first-order valence-corrected chi connectivity index (χ1v) is 9.10. The van der Waals surface area contributed by atoms with Crippen molar-refractivity contribution in [1.82, 2.24) is 15.2 Å². The predicted octanol–water partition coefficient (Wildman–Crippen LogP) is 2.36. The van der Waals surface area contributed by atoms with E-state index in [4.69, 9.17) is 16.3 Å². The Hall–Kier alpha value is -2.22. The topological polar surface area (TPSA) is 74.4 Å². The van der Waals surface area contributed by atoms with E-state index >= 15 is 0 Å². The number of morpholine rings is 1. The number of benzene rings is 1. The number of nitrogens with zero attached hydrogens (tertiary/aromatic N) is 1. The zero-order valence-electron chi connectivity index (χ0n) is 14.9. The molecule has 1 aromatic heterocycles. The summed E-state index contributed by atoms with van der Waals surface area (Å²) in [5.41, 5.74) is 0.227. The van der Waals surface area contributed by atoms with Crippen LogP contribution in [0.4, 0.5) is 4.39 Å². The molecular weight excluding hydrogens is 373 g/mol. The Balaban J connectivity index is 1.84. The van der Waals surface area contributed by atoms with Gasteiger partial charge >= 0.3 is 0 Å². The number of nitrogens with one attached hydrogen (secondary N) is 2. The van der Waals surface area contributed by atoms with E-state index in [2.05, 4.69) is 15.2 Å². The Morgan fingerprint density at radius 1 is 1.48 bits per heavy atom. The zero-order valence-corrected chi connectivity index (χ0v) is 15.6. The summed E-state index contributed by atoms with van der Waals surface area (Å²) < 4.78 is 20.1. The lowest BCUT2D eigenvalue weighted by molar-refractivity contribution is -0.0346. The van der Waals surface area contributed by atoms with Gasteiger partial charge in [0.25, 0.3) is 5.91 Å².